The molecule has 0 fully saturated rings. The van der Waals surface area contributed by atoms with Crippen molar-refractivity contribution >= 4 is 23.2 Å². The minimum Gasteiger partial charge on any atom is -0.497 e. The number of amides is 1. The SMILES string of the molecule is CC[C@@H](OC(=O)c1cccs1)C(=O)NCc1ccc(OC)cc1. The molecule has 0 saturated heterocycles. The first-order valence-corrected chi connectivity index (χ1v) is 8.17. The van der Waals surface area contributed by atoms with Crippen LogP contribution in [-0.4, -0.2) is 25.1 Å². The van der Waals surface area contributed by atoms with E-state index < -0.39 is 12.1 Å². The van der Waals surface area contributed by atoms with Crippen molar-refractivity contribution < 1.29 is 19.1 Å². The number of rotatable bonds is 7. The molecule has 1 atom stereocenters. The van der Waals surface area contributed by atoms with Crippen LogP contribution in [0.15, 0.2) is 41.8 Å². The summed E-state index contributed by atoms with van der Waals surface area (Å²) in [5, 5.41) is 4.58. The predicted molar refractivity (Wildman–Crippen MR) is 88.7 cm³/mol. The third kappa shape index (κ3) is 4.82. The van der Waals surface area contributed by atoms with Gasteiger partial charge in [0.05, 0.1) is 7.11 Å². The average molecular weight is 333 g/mol. The number of thiophene rings is 1. The van der Waals surface area contributed by atoms with Gasteiger partial charge in [-0.25, -0.2) is 4.79 Å². The van der Waals surface area contributed by atoms with Crippen LogP contribution >= 0.6 is 11.3 Å². The molecule has 0 unspecified atom stereocenters. The maximum absolute atomic E-state index is 12.2. The van der Waals surface area contributed by atoms with Crippen molar-refractivity contribution in [2.24, 2.45) is 0 Å². The molecule has 0 spiro atoms. The van der Waals surface area contributed by atoms with Gasteiger partial charge in [0.1, 0.15) is 10.6 Å². The maximum Gasteiger partial charge on any atom is 0.349 e. The summed E-state index contributed by atoms with van der Waals surface area (Å²) in [6.07, 6.45) is -0.367. The van der Waals surface area contributed by atoms with Gasteiger partial charge in [-0.1, -0.05) is 25.1 Å². The lowest BCUT2D eigenvalue weighted by molar-refractivity contribution is -0.130. The van der Waals surface area contributed by atoms with Crippen molar-refractivity contribution in [2.75, 3.05) is 7.11 Å². The summed E-state index contributed by atoms with van der Waals surface area (Å²) in [5.74, 6) is -0.00365. The van der Waals surface area contributed by atoms with Gasteiger partial charge in [-0.15, -0.1) is 11.3 Å². The highest BCUT2D eigenvalue weighted by Crippen LogP contribution is 2.13. The monoisotopic (exact) mass is 333 g/mol. The van der Waals surface area contributed by atoms with Crippen LogP contribution in [0.4, 0.5) is 0 Å². The van der Waals surface area contributed by atoms with Crippen LogP contribution in [0.5, 0.6) is 5.75 Å². The molecule has 6 heteroatoms. The second-order valence-corrected chi connectivity index (χ2v) is 5.79. The fourth-order valence-corrected chi connectivity index (χ4v) is 2.56. The number of carbonyl (C=O) groups is 2. The lowest BCUT2D eigenvalue weighted by Crippen LogP contribution is -2.37. The Hall–Kier alpha value is -2.34. The third-order valence-electron chi connectivity index (χ3n) is 3.26. The first-order valence-electron chi connectivity index (χ1n) is 7.29. The zero-order chi connectivity index (χ0) is 16.7. The minimum atomic E-state index is -0.789. The second-order valence-electron chi connectivity index (χ2n) is 4.85. The molecule has 0 bridgehead atoms. The Balaban J connectivity index is 1.87. The molecule has 0 aliphatic heterocycles. The minimum absolute atomic E-state index is 0.298. The van der Waals surface area contributed by atoms with Crippen LogP contribution in [0.25, 0.3) is 0 Å². The highest BCUT2D eigenvalue weighted by atomic mass is 32.1. The van der Waals surface area contributed by atoms with Crippen molar-refractivity contribution in [1.82, 2.24) is 5.32 Å². The van der Waals surface area contributed by atoms with E-state index in [1.807, 2.05) is 24.3 Å². The van der Waals surface area contributed by atoms with E-state index in [4.69, 9.17) is 9.47 Å². The number of hydrogen-bond acceptors (Lipinski definition) is 5. The van der Waals surface area contributed by atoms with Crippen molar-refractivity contribution in [3.05, 3.63) is 52.2 Å². The molecule has 2 rings (SSSR count). The van der Waals surface area contributed by atoms with Crippen LogP contribution in [0.2, 0.25) is 0 Å². The van der Waals surface area contributed by atoms with Crippen molar-refractivity contribution in [1.29, 1.82) is 0 Å². The van der Waals surface area contributed by atoms with E-state index in [0.29, 0.717) is 17.8 Å². The predicted octanol–water partition coefficient (Wildman–Crippen LogP) is 3.01. The fourth-order valence-electron chi connectivity index (χ4n) is 1.95. The van der Waals surface area contributed by atoms with Crippen LogP contribution < -0.4 is 10.1 Å². The van der Waals surface area contributed by atoms with E-state index in [-0.39, 0.29) is 5.91 Å². The number of hydrogen-bond donors (Lipinski definition) is 1. The third-order valence-corrected chi connectivity index (χ3v) is 4.11. The molecule has 1 heterocycles. The standard InChI is InChI=1S/C17H19NO4S/c1-3-14(22-17(20)15-5-4-10-23-15)16(19)18-11-12-6-8-13(21-2)9-7-12/h4-10,14H,3,11H2,1-2H3,(H,18,19)/t14-/m1/s1. The highest BCUT2D eigenvalue weighted by Gasteiger charge is 2.22. The molecule has 0 aliphatic carbocycles. The van der Waals surface area contributed by atoms with Crippen LogP contribution in [0.1, 0.15) is 28.6 Å². The van der Waals surface area contributed by atoms with Crippen LogP contribution in [-0.2, 0) is 16.1 Å². The normalized spacial score (nSPS) is 11.6. The summed E-state index contributed by atoms with van der Waals surface area (Å²) in [7, 11) is 1.60. The van der Waals surface area contributed by atoms with Gasteiger partial charge in [0.25, 0.3) is 5.91 Å². The van der Waals surface area contributed by atoms with Gasteiger partial charge < -0.3 is 14.8 Å². The van der Waals surface area contributed by atoms with Crippen LogP contribution in [0, 0.1) is 0 Å². The molecule has 0 saturated carbocycles. The summed E-state index contributed by atoms with van der Waals surface area (Å²) in [6, 6.07) is 10.8. The number of benzene rings is 1. The second kappa shape index (κ2) is 8.33. The summed E-state index contributed by atoms with van der Waals surface area (Å²) in [6.45, 7) is 2.18. The lowest BCUT2D eigenvalue weighted by Gasteiger charge is -2.15. The van der Waals surface area contributed by atoms with Gasteiger partial charge in [0, 0.05) is 6.54 Å². The summed E-state index contributed by atoms with van der Waals surface area (Å²) in [5.41, 5.74) is 0.943. The van der Waals surface area contributed by atoms with E-state index >= 15 is 0 Å². The van der Waals surface area contributed by atoms with Gasteiger partial charge in [-0.3, -0.25) is 4.79 Å². The number of carbonyl (C=O) groups excluding carboxylic acids is 2. The first-order chi connectivity index (χ1) is 11.1. The summed E-state index contributed by atoms with van der Waals surface area (Å²) in [4.78, 5) is 24.6. The number of nitrogens with one attached hydrogen (secondary N) is 1. The Labute approximate surface area is 139 Å². The molecule has 1 aromatic carbocycles. The van der Waals surface area contributed by atoms with Crippen LogP contribution in [0.3, 0.4) is 0 Å². The van der Waals surface area contributed by atoms with E-state index in [1.165, 1.54) is 11.3 Å². The van der Waals surface area contributed by atoms with Gasteiger partial charge in [-0.05, 0) is 35.6 Å². The summed E-state index contributed by atoms with van der Waals surface area (Å²) < 4.78 is 10.4. The number of esters is 1. The Morgan fingerprint density at radius 2 is 1.96 bits per heavy atom. The molecule has 23 heavy (non-hydrogen) atoms. The largest absolute Gasteiger partial charge is 0.497 e. The van der Waals surface area contributed by atoms with Gasteiger partial charge >= 0.3 is 5.97 Å². The lowest BCUT2D eigenvalue weighted by atomic mass is 10.2. The Bertz CT molecular complexity index is 637. The molecular formula is C17H19NO4S. The molecule has 5 nitrogen and oxygen atoms in total. The maximum atomic E-state index is 12.2. The zero-order valence-corrected chi connectivity index (χ0v) is 13.9. The Morgan fingerprint density at radius 3 is 2.52 bits per heavy atom. The topological polar surface area (TPSA) is 64.6 Å². The smallest absolute Gasteiger partial charge is 0.349 e. The quantitative estimate of drug-likeness (QED) is 0.791. The fraction of sp³-hybridized carbons (Fsp3) is 0.294. The molecule has 1 amide bonds. The Morgan fingerprint density at radius 1 is 1.22 bits per heavy atom. The number of methoxy groups -OCH3 is 1. The zero-order valence-electron chi connectivity index (χ0n) is 13.1. The van der Waals surface area contributed by atoms with E-state index in [1.54, 1.807) is 31.5 Å². The van der Waals surface area contributed by atoms with E-state index in [9.17, 15) is 9.59 Å². The van der Waals surface area contributed by atoms with Gasteiger partial charge in [-0.2, -0.15) is 0 Å². The van der Waals surface area contributed by atoms with Gasteiger partial charge in [0.2, 0.25) is 0 Å². The molecule has 1 N–H and O–H groups in total. The van der Waals surface area contributed by atoms with E-state index in [2.05, 4.69) is 5.32 Å². The van der Waals surface area contributed by atoms with E-state index in [0.717, 1.165) is 11.3 Å². The molecule has 2 aromatic rings. The molecule has 1 aromatic heterocycles. The number of ether oxygens (including phenoxy) is 2. The van der Waals surface area contributed by atoms with Crippen molar-refractivity contribution in [3.8, 4) is 5.75 Å². The first kappa shape index (κ1) is 17.0. The Kier molecular flexibility index (Phi) is 6.17. The highest BCUT2D eigenvalue weighted by molar-refractivity contribution is 7.11. The summed E-state index contributed by atoms with van der Waals surface area (Å²) >= 11 is 1.29. The molecular weight excluding hydrogens is 314 g/mol. The average Bonchev–Trinajstić information content (AvgIpc) is 3.12. The van der Waals surface area contributed by atoms with Crippen molar-refractivity contribution in [2.45, 2.75) is 26.0 Å². The molecule has 122 valence electrons. The molecule has 0 aliphatic rings. The molecule has 0 radical (unpaired) electrons. The van der Waals surface area contributed by atoms with Gasteiger partial charge in [0.15, 0.2) is 6.10 Å². The van der Waals surface area contributed by atoms with Crippen molar-refractivity contribution in [3.63, 3.8) is 0 Å².